The van der Waals surface area contributed by atoms with Crippen LogP contribution < -0.4 is 9.64 Å². The molecule has 0 N–H and O–H groups in total. The van der Waals surface area contributed by atoms with Crippen molar-refractivity contribution in [1.82, 2.24) is 0 Å². The van der Waals surface area contributed by atoms with E-state index in [1.54, 1.807) is 35.2 Å². The zero-order valence-electron chi connectivity index (χ0n) is 16.8. The number of anilines is 1. The fourth-order valence-electron chi connectivity index (χ4n) is 3.29. The van der Waals surface area contributed by atoms with E-state index in [-0.39, 0.29) is 24.1 Å². The first-order chi connectivity index (χ1) is 15.1. The largest absolute Gasteiger partial charge is 0.486 e. The quantitative estimate of drug-likeness (QED) is 0.405. The smallest absolute Gasteiger partial charge is 0.374 e. The number of carbonyl (C=O) groups is 3. The normalized spacial score (nSPS) is 13.3. The van der Waals surface area contributed by atoms with Gasteiger partial charge in [0.15, 0.2) is 12.4 Å². The van der Waals surface area contributed by atoms with Crippen molar-refractivity contribution in [3.8, 4) is 5.75 Å². The number of hydrogen-bond donors (Lipinski definition) is 0. The Hall–Kier alpha value is -3.87. The fraction of sp³-hybridized carbons (Fsp3) is 0.208. The van der Waals surface area contributed by atoms with Crippen molar-refractivity contribution in [1.29, 1.82) is 0 Å². The van der Waals surface area contributed by atoms with Crippen molar-refractivity contribution in [3.63, 3.8) is 0 Å². The van der Waals surface area contributed by atoms with E-state index in [2.05, 4.69) is 0 Å². The number of carbonyl (C=O) groups excluding carboxylic acids is 3. The SMILES string of the molecule is O=C(COC(=O)c1ccc(COc2ccccc2)o1)c1cccc(N2CCCC2=O)c1. The molecule has 0 aliphatic carbocycles. The van der Waals surface area contributed by atoms with Crippen LogP contribution in [0, 0.1) is 0 Å². The van der Waals surface area contributed by atoms with Gasteiger partial charge in [-0.25, -0.2) is 4.79 Å². The van der Waals surface area contributed by atoms with Gasteiger partial charge in [0.1, 0.15) is 18.1 Å². The molecule has 0 atom stereocenters. The average Bonchev–Trinajstić information content (AvgIpc) is 3.46. The fourth-order valence-corrected chi connectivity index (χ4v) is 3.29. The molecule has 31 heavy (non-hydrogen) atoms. The van der Waals surface area contributed by atoms with Crippen LogP contribution in [-0.2, 0) is 16.1 Å². The molecule has 0 unspecified atom stereocenters. The predicted molar refractivity (Wildman–Crippen MR) is 112 cm³/mol. The highest BCUT2D eigenvalue weighted by molar-refractivity contribution is 6.01. The third kappa shape index (κ3) is 5.01. The molecule has 2 aromatic carbocycles. The van der Waals surface area contributed by atoms with Crippen LogP contribution in [0.3, 0.4) is 0 Å². The summed E-state index contributed by atoms with van der Waals surface area (Å²) in [6, 6.07) is 19.1. The molecule has 3 aromatic rings. The van der Waals surface area contributed by atoms with Crippen molar-refractivity contribution in [2.45, 2.75) is 19.4 Å². The topological polar surface area (TPSA) is 86.1 Å². The molecule has 0 bridgehead atoms. The highest BCUT2D eigenvalue weighted by Crippen LogP contribution is 2.22. The van der Waals surface area contributed by atoms with Gasteiger partial charge in [0.2, 0.25) is 11.7 Å². The van der Waals surface area contributed by atoms with Gasteiger partial charge in [0.05, 0.1) is 0 Å². The van der Waals surface area contributed by atoms with E-state index in [1.807, 2.05) is 30.3 Å². The number of rotatable bonds is 8. The number of furan rings is 1. The summed E-state index contributed by atoms with van der Waals surface area (Å²) in [5.74, 6) is 0.0968. The van der Waals surface area contributed by atoms with Crippen LogP contribution >= 0.6 is 0 Å². The molecular formula is C24H21NO6. The van der Waals surface area contributed by atoms with E-state index < -0.39 is 12.6 Å². The van der Waals surface area contributed by atoms with Gasteiger partial charge in [0.25, 0.3) is 0 Å². The number of ether oxygens (including phenoxy) is 2. The van der Waals surface area contributed by atoms with Crippen LogP contribution in [0.4, 0.5) is 5.69 Å². The Morgan fingerprint density at radius 3 is 2.61 bits per heavy atom. The highest BCUT2D eigenvalue weighted by atomic mass is 16.5. The van der Waals surface area contributed by atoms with Gasteiger partial charge in [-0.1, -0.05) is 30.3 Å². The van der Waals surface area contributed by atoms with Crippen LogP contribution in [0.15, 0.2) is 71.1 Å². The Bertz CT molecular complexity index is 1090. The molecule has 1 aliphatic rings. The molecular weight excluding hydrogens is 398 g/mol. The van der Waals surface area contributed by atoms with E-state index in [1.165, 1.54) is 6.07 Å². The zero-order chi connectivity index (χ0) is 21.6. The average molecular weight is 419 g/mol. The Balaban J connectivity index is 1.31. The summed E-state index contributed by atoms with van der Waals surface area (Å²) in [4.78, 5) is 38.3. The number of amides is 1. The van der Waals surface area contributed by atoms with Gasteiger partial charge >= 0.3 is 5.97 Å². The molecule has 0 saturated carbocycles. The third-order valence-electron chi connectivity index (χ3n) is 4.87. The number of para-hydroxylation sites is 1. The lowest BCUT2D eigenvalue weighted by Gasteiger charge is -2.16. The number of ketones is 1. The standard InChI is InChI=1S/C24H21NO6/c26-21(17-6-4-7-18(14-17)25-13-5-10-23(25)27)16-30-24(28)22-12-11-20(31-22)15-29-19-8-2-1-3-9-19/h1-4,6-9,11-12,14H,5,10,13,15-16H2. The highest BCUT2D eigenvalue weighted by Gasteiger charge is 2.22. The molecule has 2 heterocycles. The Morgan fingerprint density at radius 1 is 1.00 bits per heavy atom. The number of esters is 1. The van der Waals surface area contributed by atoms with E-state index in [0.717, 1.165) is 6.42 Å². The van der Waals surface area contributed by atoms with Crippen LogP contribution in [0.1, 0.15) is 39.5 Å². The van der Waals surface area contributed by atoms with Crippen molar-refractivity contribution in [3.05, 3.63) is 83.8 Å². The molecule has 0 radical (unpaired) electrons. The molecule has 0 spiro atoms. The first-order valence-electron chi connectivity index (χ1n) is 9.97. The maximum atomic E-state index is 12.5. The minimum absolute atomic E-state index is 0.00382. The number of Topliss-reactive ketones (excluding diaryl/α,β-unsaturated/α-hetero) is 1. The molecule has 1 saturated heterocycles. The van der Waals surface area contributed by atoms with E-state index in [4.69, 9.17) is 13.9 Å². The second kappa shape index (κ2) is 9.30. The van der Waals surface area contributed by atoms with Gasteiger partial charge in [-0.3, -0.25) is 9.59 Å². The van der Waals surface area contributed by atoms with E-state index in [9.17, 15) is 14.4 Å². The summed E-state index contributed by atoms with van der Waals surface area (Å²) in [5.41, 5.74) is 1.05. The van der Waals surface area contributed by atoms with Crippen LogP contribution in [0.25, 0.3) is 0 Å². The maximum Gasteiger partial charge on any atom is 0.374 e. The van der Waals surface area contributed by atoms with E-state index in [0.29, 0.717) is 35.7 Å². The monoisotopic (exact) mass is 419 g/mol. The summed E-state index contributed by atoms with van der Waals surface area (Å²) in [6.45, 7) is 0.380. The number of nitrogens with zero attached hydrogens (tertiary/aromatic N) is 1. The van der Waals surface area contributed by atoms with E-state index >= 15 is 0 Å². The van der Waals surface area contributed by atoms with Crippen molar-refractivity contribution in [2.24, 2.45) is 0 Å². The number of benzene rings is 2. The summed E-state index contributed by atoms with van der Waals surface area (Å²) in [5, 5.41) is 0. The van der Waals surface area contributed by atoms with Crippen molar-refractivity contribution >= 4 is 23.3 Å². The summed E-state index contributed by atoms with van der Waals surface area (Å²) < 4.78 is 16.1. The first-order valence-corrected chi connectivity index (χ1v) is 9.97. The molecule has 1 aromatic heterocycles. The minimum atomic E-state index is -0.731. The lowest BCUT2D eigenvalue weighted by Crippen LogP contribution is -2.24. The number of hydrogen-bond acceptors (Lipinski definition) is 6. The van der Waals surface area contributed by atoms with Gasteiger partial charge in [-0.15, -0.1) is 0 Å². The summed E-state index contributed by atoms with van der Waals surface area (Å²) >= 11 is 0. The lowest BCUT2D eigenvalue weighted by molar-refractivity contribution is -0.117. The minimum Gasteiger partial charge on any atom is -0.486 e. The maximum absolute atomic E-state index is 12.5. The third-order valence-corrected chi connectivity index (χ3v) is 4.87. The molecule has 1 amide bonds. The van der Waals surface area contributed by atoms with Gasteiger partial charge < -0.3 is 18.8 Å². The first kappa shape index (κ1) is 20.4. The second-order valence-electron chi connectivity index (χ2n) is 7.07. The predicted octanol–water partition coefficient (Wildman–Crippen LogP) is 4.03. The molecule has 1 aliphatic heterocycles. The van der Waals surface area contributed by atoms with Gasteiger partial charge in [0, 0.05) is 24.2 Å². The van der Waals surface area contributed by atoms with Crippen molar-refractivity contribution in [2.75, 3.05) is 18.1 Å². The molecule has 7 nitrogen and oxygen atoms in total. The summed E-state index contributed by atoms with van der Waals surface area (Å²) in [7, 11) is 0. The van der Waals surface area contributed by atoms with Crippen LogP contribution in [0.5, 0.6) is 5.75 Å². The van der Waals surface area contributed by atoms with Crippen molar-refractivity contribution < 1.29 is 28.3 Å². The molecule has 7 heteroatoms. The van der Waals surface area contributed by atoms with Crippen LogP contribution in [0.2, 0.25) is 0 Å². The Morgan fingerprint density at radius 2 is 1.84 bits per heavy atom. The molecule has 158 valence electrons. The second-order valence-corrected chi connectivity index (χ2v) is 7.07. The van der Waals surface area contributed by atoms with Crippen LogP contribution in [-0.4, -0.2) is 30.8 Å². The van der Waals surface area contributed by atoms with Gasteiger partial charge in [-0.05, 0) is 42.8 Å². The molecule has 1 fully saturated rings. The summed E-state index contributed by atoms with van der Waals surface area (Å²) in [6.07, 6.45) is 1.31. The Kier molecular flexibility index (Phi) is 6.12. The lowest BCUT2D eigenvalue weighted by atomic mass is 10.1. The Labute approximate surface area is 179 Å². The zero-order valence-corrected chi connectivity index (χ0v) is 16.8. The van der Waals surface area contributed by atoms with Gasteiger partial charge in [-0.2, -0.15) is 0 Å². The molecule has 4 rings (SSSR count).